The minimum Gasteiger partial charge on any atom is -0.497 e. The Morgan fingerprint density at radius 1 is 1.06 bits per heavy atom. The van der Waals surface area contributed by atoms with Crippen LogP contribution in [0.5, 0.6) is 17.2 Å². The van der Waals surface area contributed by atoms with E-state index >= 15 is 0 Å². The maximum Gasteiger partial charge on any atom is 0.280 e. The molecule has 3 aromatic rings. The summed E-state index contributed by atoms with van der Waals surface area (Å²) in [5.74, 6) is 0.272. The Bertz CT molecular complexity index is 1250. The van der Waals surface area contributed by atoms with Crippen LogP contribution in [0, 0.1) is 21.4 Å². The van der Waals surface area contributed by atoms with Gasteiger partial charge in [0, 0.05) is 5.69 Å². The van der Waals surface area contributed by atoms with E-state index in [0.717, 1.165) is 11.6 Å². The number of carbonyl (C=O) groups excluding carboxylic acids is 1. The zero-order chi connectivity index (χ0) is 24.5. The molecule has 3 rings (SSSR count). The van der Waals surface area contributed by atoms with Gasteiger partial charge in [-0.1, -0.05) is 30.3 Å². The van der Waals surface area contributed by atoms with Crippen LogP contribution in [0.15, 0.2) is 72.3 Å². The molecule has 34 heavy (non-hydrogen) atoms. The van der Waals surface area contributed by atoms with Crippen molar-refractivity contribution in [2.75, 3.05) is 19.5 Å². The van der Waals surface area contributed by atoms with Crippen LogP contribution < -0.4 is 19.5 Å². The quantitative estimate of drug-likeness (QED) is 0.212. The van der Waals surface area contributed by atoms with Crippen molar-refractivity contribution in [3.63, 3.8) is 0 Å². The molecule has 0 aromatic heterocycles. The minimum atomic E-state index is -0.717. The number of nitro benzene ring substituents is 1. The van der Waals surface area contributed by atoms with E-state index < -0.39 is 10.8 Å². The summed E-state index contributed by atoms with van der Waals surface area (Å²) >= 11 is 0. The second kappa shape index (κ2) is 11.2. The summed E-state index contributed by atoms with van der Waals surface area (Å²) in [5.41, 5.74) is 0.671. The smallest absolute Gasteiger partial charge is 0.280 e. The molecule has 0 heterocycles. The van der Waals surface area contributed by atoms with Crippen molar-refractivity contribution in [1.82, 2.24) is 0 Å². The second-order valence-electron chi connectivity index (χ2n) is 6.95. The molecule has 0 radical (unpaired) electrons. The summed E-state index contributed by atoms with van der Waals surface area (Å²) in [6, 6.07) is 20.2. The Hall–Kier alpha value is -4.84. The largest absolute Gasteiger partial charge is 0.497 e. The van der Waals surface area contributed by atoms with Crippen molar-refractivity contribution >= 4 is 23.4 Å². The molecule has 0 bridgehead atoms. The Morgan fingerprint density at radius 3 is 2.35 bits per heavy atom. The third-order valence-electron chi connectivity index (χ3n) is 4.76. The predicted octanol–water partition coefficient (Wildman–Crippen LogP) is 4.74. The first-order valence-electron chi connectivity index (χ1n) is 10.1. The summed E-state index contributed by atoms with van der Waals surface area (Å²) in [7, 11) is 2.91. The van der Waals surface area contributed by atoms with Gasteiger partial charge in [-0.05, 0) is 42.0 Å². The lowest BCUT2D eigenvalue weighted by Crippen LogP contribution is -2.13. The maximum atomic E-state index is 12.6. The lowest BCUT2D eigenvalue weighted by Gasteiger charge is -2.12. The fraction of sp³-hybridized carbons (Fsp3) is 0.120. The van der Waals surface area contributed by atoms with Crippen molar-refractivity contribution < 1.29 is 23.9 Å². The number of nitriles is 1. The molecule has 0 atom stereocenters. The summed E-state index contributed by atoms with van der Waals surface area (Å²) in [6.45, 7) is 0.178. The van der Waals surface area contributed by atoms with Crippen LogP contribution in [-0.2, 0) is 11.4 Å². The molecular weight excluding hydrogens is 438 g/mol. The number of methoxy groups -OCH3 is 2. The molecule has 1 amide bonds. The molecule has 0 fully saturated rings. The number of benzene rings is 3. The average molecular weight is 459 g/mol. The third kappa shape index (κ3) is 5.89. The topological polar surface area (TPSA) is 124 Å². The normalized spacial score (nSPS) is 10.7. The molecule has 0 aliphatic carbocycles. The molecule has 0 saturated carbocycles. The van der Waals surface area contributed by atoms with Gasteiger partial charge in [0.1, 0.15) is 24.0 Å². The monoisotopic (exact) mass is 459 g/mol. The van der Waals surface area contributed by atoms with Gasteiger partial charge < -0.3 is 19.5 Å². The van der Waals surface area contributed by atoms with E-state index in [1.807, 2.05) is 30.3 Å². The highest BCUT2D eigenvalue weighted by Crippen LogP contribution is 2.36. The van der Waals surface area contributed by atoms with E-state index in [0.29, 0.717) is 11.4 Å². The van der Waals surface area contributed by atoms with Crippen LogP contribution >= 0.6 is 0 Å². The molecule has 172 valence electrons. The molecular formula is C25H21N3O6. The zero-order valence-electron chi connectivity index (χ0n) is 18.5. The molecule has 9 heteroatoms. The molecule has 0 spiro atoms. The van der Waals surface area contributed by atoms with Gasteiger partial charge in [-0.2, -0.15) is 5.26 Å². The Kier molecular flexibility index (Phi) is 7.81. The molecule has 9 nitrogen and oxygen atoms in total. The first-order chi connectivity index (χ1) is 16.4. The van der Waals surface area contributed by atoms with Gasteiger partial charge in [0.15, 0.2) is 11.5 Å². The summed E-state index contributed by atoms with van der Waals surface area (Å²) in [4.78, 5) is 23.7. The highest BCUT2D eigenvalue weighted by atomic mass is 16.6. The number of hydrogen-bond acceptors (Lipinski definition) is 7. The molecule has 3 aromatic carbocycles. The van der Waals surface area contributed by atoms with Gasteiger partial charge in [0.25, 0.3) is 11.6 Å². The van der Waals surface area contributed by atoms with Crippen molar-refractivity contribution in [3.8, 4) is 23.3 Å². The molecule has 1 N–H and O–H groups in total. The second-order valence-corrected chi connectivity index (χ2v) is 6.95. The molecule has 0 unspecified atom stereocenters. The standard InChI is InChI=1S/C25H21N3O6/c1-32-21-10-8-20(9-11-21)27-25(29)19(15-26)12-18-13-23(33-2)24(14-22(18)28(30)31)34-16-17-6-4-3-5-7-17/h3-14H,16H2,1-2H3,(H,27,29)/b19-12-. The summed E-state index contributed by atoms with van der Waals surface area (Å²) < 4.78 is 16.1. The Labute approximate surface area is 196 Å². The van der Waals surface area contributed by atoms with Gasteiger partial charge in [-0.25, -0.2) is 0 Å². The molecule has 0 aliphatic rings. The molecule has 0 saturated heterocycles. The fourth-order valence-electron chi connectivity index (χ4n) is 3.02. The van der Waals surface area contributed by atoms with Gasteiger partial charge in [0.2, 0.25) is 0 Å². The number of rotatable bonds is 9. The van der Waals surface area contributed by atoms with E-state index in [9.17, 15) is 20.2 Å². The first-order valence-corrected chi connectivity index (χ1v) is 10.1. The van der Waals surface area contributed by atoms with Gasteiger partial charge in [0.05, 0.1) is 30.8 Å². The summed E-state index contributed by atoms with van der Waals surface area (Å²) in [6.07, 6.45) is 1.14. The van der Waals surface area contributed by atoms with Crippen molar-refractivity contribution in [3.05, 3.63) is 93.5 Å². The van der Waals surface area contributed by atoms with Crippen molar-refractivity contribution in [2.45, 2.75) is 6.61 Å². The average Bonchev–Trinajstić information content (AvgIpc) is 2.86. The van der Waals surface area contributed by atoms with E-state index in [2.05, 4.69) is 5.32 Å². The Balaban J connectivity index is 1.90. The fourth-order valence-corrected chi connectivity index (χ4v) is 3.02. The summed E-state index contributed by atoms with van der Waals surface area (Å²) in [5, 5.41) is 23.8. The van der Waals surface area contributed by atoms with E-state index in [-0.39, 0.29) is 34.9 Å². The number of amides is 1. The van der Waals surface area contributed by atoms with Crippen LogP contribution in [0.3, 0.4) is 0 Å². The van der Waals surface area contributed by atoms with Crippen LogP contribution in [0.4, 0.5) is 11.4 Å². The highest BCUT2D eigenvalue weighted by molar-refractivity contribution is 6.10. The molecule has 0 aliphatic heterocycles. The first kappa shape index (κ1) is 23.8. The van der Waals surface area contributed by atoms with Crippen LogP contribution in [-0.4, -0.2) is 25.1 Å². The van der Waals surface area contributed by atoms with Crippen molar-refractivity contribution in [2.24, 2.45) is 0 Å². The minimum absolute atomic E-state index is 0.0235. The van der Waals surface area contributed by atoms with Gasteiger partial charge >= 0.3 is 0 Å². The van der Waals surface area contributed by atoms with Crippen LogP contribution in [0.2, 0.25) is 0 Å². The van der Waals surface area contributed by atoms with E-state index in [1.54, 1.807) is 30.3 Å². The van der Waals surface area contributed by atoms with Crippen LogP contribution in [0.1, 0.15) is 11.1 Å². The SMILES string of the molecule is COc1ccc(NC(=O)/C(C#N)=C\c2cc(OC)c(OCc3ccccc3)cc2[N+](=O)[O-])cc1. The zero-order valence-corrected chi connectivity index (χ0v) is 18.5. The number of nitro groups is 1. The number of ether oxygens (including phenoxy) is 3. The lowest BCUT2D eigenvalue weighted by molar-refractivity contribution is -0.385. The Morgan fingerprint density at radius 2 is 1.76 bits per heavy atom. The number of hydrogen-bond donors (Lipinski definition) is 1. The highest BCUT2D eigenvalue weighted by Gasteiger charge is 2.21. The number of carbonyl (C=O) groups is 1. The maximum absolute atomic E-state index is 12.6. The van der Waals surface area contributed by atoms with Gasteiger partial charge in [-0.3, -0.25) is 14.9 Å². The third-order valence-corrected chi connectivity index (χ3v) is 4.76. The number of nitrogens with zero attached hydrogens (tertiary/aromatic N) is 2. The van der Waals surface area contributed by atoms with E-state index in [4.69, 9.17) is 14.2 Å². The van der Waals surface area contributed by atoms with Crippen LogP contribution in [0.25, 0.3) is 6.08 Å². The lowest BCUT2D eigenvalue weighted by atomic mass is 10.1. The number of nitrogens with one attached hydrogen (secondary N) is 1. The predicted molar refractivity (Wildman–Crippen MR) is 126 cm³/mol. The van der Waals surface area contributed by atoms with Gasteiger partial charge in [-0.15, -0.1) is 0 Å². The number of anilines is 1. The van der Waals surface area contributed by atoms with E-state index in [1.165, 1.54) is 26.4 Å². The van der Waals surface area contributed by atoms with Crippen molar-refractivity contribution in [1.29, 1.82) is 5.26 Å².